The van der Waals surface area contributed by atoms with Crippen molar-refractivity contribution in [2.75, 3.05) is 13.2 Å². The smallest absolute Gasteiger partial charge is 0.332 e. The van der Waals surface area contributed by atoms with E-state index in [9.17, 15) is 9.36 Å². The second kappa shape index (κ2) is 7.97. The average molecular weight is 224 g/mol. The number of carbonyl (C=O) groups excluding carboxylic acids is 1. The fourth-order valence-electron chi connectivity index (χ4n) is 0.898. The maximum absolute atomic E-state index is 10.9. The van der Waals surface area contributed by atoms with Crippen LogP contribution < -0.4 is 0 Å². The highest BCUT2D eigenvalue weighted by molar-refractivity contribution is 7.32. The Balaban J connectivity index is 3.57. The van der Waals surface area contributed by atoms with Gasteiger partial charge in [0.2, 0.25) is 0 Å². The van der Waals surface area contributed by atoms with Crippen LogP contribution in [0.3, 0.4) is 0 Å². The maximum atomic E-state index is 10.9. The lowest BCUT2D eigenvalue weighted by molar-refractivity contribution is -0.147. The molecule has 1 atom stereocenters. The molecule has 0 heterocycles. The van der Waals surface area contributed by atoms with Crippen LogP contribution >= 0.6 is 8.25 Å². The van der Waals surface area contributed by atoms with E-state index < -0.39 is 20.8 Å². The molecule has 0 radical (unpaired) electrons. The summed E-state index contributed by atoms with van der Waals surface area (Å²) in [5.41, 5.74) is 0. The minimum Gasteiger partial charge on any atom is -0.464 e. The van der Waals surface area contributed by atoms with Crippen molar-refractivity contribution in [3.63, 3.8) is 0 Å². The molecule has 6 heteroatoms. The summed E-state index contributed by atoms with van der Waals surface area (Å²) < 4.78 is 19.2. The van der Waals surface area contributed by atoms with Crippen molar-refractivity contribution in [3.05, 3.63) is 0 Å². The van der Waals surface area contributed by atoms with Crippen LogP contribution in [0.1, 0.15) is 26.7 Å². The molecule has 0 amide bonds. The number of hydrogen-bond donors (Lipinski definition) is 1. The lowest BCUT2D eigenvalue weighted by Gasteiger charge is -2.12. The third-order valence-electron chi connectivity index (χ3n) is 1.95. The van der Waals surface area contributed by atoms with Crippen molar-refractivity contribution in [3.8, 4) is 0 Å². The van der Waals surface area contributed by atoms with Gasteiger partial charge in [-0.05, 0) is 5.92 Å². The van der Waals surface area contributed by atoms with E-state index in [4.69, 9.17) is 9.63 Å². The van der Waals surface area contributed by atoms with E-state index >= 15 is 0 Å². The Morgan fingerprint density at radius 2 is 2.00 bits per heavy atom. The van der Waals surface area contributed by atoms with E-state index in [-0.39, 0.29) is 0 Å². The van der Waals surface area contributed by atoms with Gasteiger partial charge in [0.25, 0.3) is 0 Å². The molecule has 0 aromatic heterocycles. The van der Waals surface area contributed by atoms with Gasteiger partial charge in [-0.15, -0.1) is 0 Å². The normalized spacial score (nSPS) is 12.9. The summed E-state index contributed by atoms with van der Waals surface area (Å²) in [5, 5.41) is 0. The minimum absolute atomic E-state index is 0.349. The predicted molar refractivity (Wildman–Crippen MR) is 52.2 cm³/mol. The first-order valence-electron chi connectivity index (χ1n) is 4.61. The van der Waals surface area contributed by atoms with Crippen LogP contribution in [0, 0.1) is 5.92 Å². The van der Waals surface area contributed by atoms with Gasteiger partial charge in [0, 0.05) is 0 Å². The van der Waals surface area contributed by atoms with Crippen LogP contribution in [0.4, 0.5) is 0 Å². The summed E-state index contributed by atoms with van der Waals surface area (Å²) in [7, 11) is -3.03. The molecule has 0 aromatic carbocycles. The quantitative estimate of drug-likeness (QED) is 0.522. The zero-order chi connectivity index (χ0) is 11.0. The first-order valence-corrected chi connectivity index (χ1v) is 5.87. The van der Waals surface area contributed by atoms with Crippen molar-refractivity contribution in [1.82, 2.24) is 0 Å². The van der Waals surface area contributed by atoms with Crippen LogP contribution in [-0.2, 0) is 18.6 Å². The van der Waals surface area contributed by atoms with Crippen LogP contribution in [-0.4, -0.2) is 24.1 Å². The van der Waals surface area contributed by atoms with Crippen molar-refractivity contribution in [1.29, 1.82) is 0 Å². The molecule has 0 saturated carbocycles. The monoisotopic (exact) mass is 224 g/mol. The van der Waals surface area contributed by atoms with Gasteiger partial charge in [0.15, 0.2) is 6.61 Å². The molecule has 0 aliphatic rings. The zero-order valence-corrected chi connectivity index (χ0v) is 9.49. The SMILES string of the molecule is CCC(CC)COC(=O)CO[PH](=O)O. The number of rotatable bonds is 7. The van der Waals surface area contributed by atoms with Crippen LogP contribution in [0.5, 0.6) is 0 Å². The van der Waals surface area contributed by atoms with Crippen molar-refractivity contribution in [2.24, 2.45) is 5.92 Å². The van der Waals surface area contributed by atoms with Gasteiger partial charge in [-0.2, -0.15) is 0 Å². The van der Waals surface area contributed by atoms with Crippen molar-refractivity contribution < 1.29 is 23.5 Å². The van der Waals surface area contributed by atoms with Crippen molar-refractivity contribution in [2.45, 2.75) is 26.7 Å². The maximum Gasteiger partial charge on any atom is 0.332 e. The van der Waals surface area contributed by atoms with Gasteiger partial charge in [-0.3, -0.25) is 9.09 Å². The van der Waals surface area contributed by atoms with Crippen LogP contribution in [0.2, 0.25) is 0 Å². The van der Waals surface area contributed by atoms with Gasteiger partial charge in [0.05, 0.1) is 6.61 Å². The van der Waals surface area contributed by atoms with Crippen molar-refractivity contribution >= 4 is 14.2 Å². The lowest BCUT2D eigenvalue weighted by atomic mass is 10.1. The summed E-state index contributed by atoms with van der Waals surface area (Å²) in [4.78, 5) is 19.2. The van der Waals surface area contributed by atoms with Gasteiger partial charge in [-0.25, -0.2) is 4.79 Å². The molecular formula is C8H17O5P. The number of hydrogen-bond acceptors (Lipinski definition) is 4. The molecule has 1 N–H and O–H groups in total. The standard InChI is InChI=1S/C8H17O5P/c1-3-7(4-2)5-12-8(9)6-13-14(10)11/h7,14H,3-6H2,1-2H3,(H,10,11). The minimum atomic E-state index is -3.03. The average Bonchev–Trinajstić information content (AvgIpc) is 2.16. The van der Waals surface area contributed by atoms with E-state index in [0.717, 1.165) is 12.8 Å². The molecule has 0 aliphatic carbocycles. The predicted octanol–water partition coefficient (Wildman–Crippen LogP) is 1.36. The third kappa shape index (κ3) is 7.06. The molecule has 0 rings (SSSR count). The summed E-state index contributed by atoms with van der Waals surface area (Å²) in [5.74, 6) is -0.241. The largest absolute Gasteiger partial charge is 0.464 e. The van der Waals surface area contributed by atoms with E-state index in [0.29, 0.717) is 12.5 Å². The molecule has 0 aromatic rings. The number of esters is 1. The van der Waals surface area contributed by atoms with Gasteiger partial charge in [-0.1, -0.05) is 26.7 Å². The Labute approximate surface area is 84.4 Å². The topological polar surface area (TPSA) is 72.8 Å². The lowest BCUT2D eigenvalue weighted by Crippen LogP contribution is -2.16. The molecule has 0 saturated heterocycles. The Hall–Kier alpha value is -0.380. The number of carbonyl (C=O) groups is 1. The Kier molecular flexibility index (Phi) is 7.76. The first kappa shape index (κ1) is 13.6. The Morgan fingerprint density at radius 1 is 1.43 bits per heavy atom. The van der Waals surface area contributed by atoms with Gasteiger partial charge in [0.1, 0.15) is 0 Å². The Morgan fingerprint density at radius 3 is 2.43 bits per heavy atom. The van der Waals surface area contributed by atoms with Crippen LogP contribution in [0.15, 0.2) is 0 Å². The van der Waals surface area contributed by atoms with E-state index in [2.05, 4.69) is 4.52 Å². The van der Waals surface area contributed by atoms with Crippen LogP contribution in [0.25, 0.3) is 0 Å². The second-order valence-electron chi connectivity index (χ2n) is 2.92. The molecule has 0 fully saturated rings. The molecule has 0 bridgehead atoms. The Bertz CT molecular complexity index is 190. The molecule has 1 unspecified atom stereocenters. The molecule has 5 nitrogen and oxygen atoms in total. The summed E-state index contributed by atoms with van der Waals surface area (Å²) in [6.07, 6.45) is 1.89. The fourth-order valence-corrected chi connectivity index (χ4v) is 1.14. The van der Waals surface area contributed by atoms with E-state index in [1.807, 2.05) is 13.8 Å². The highest BCUT2D eigenvalue weighted by Gasteiger charge is 2.09. The highest BCUT2D eigenvalue weighted by Crippen LogP contribution is 2.14. The third-order valence-corrected chi connectivity index (χ3v) is 2.34. The fraction of sp³-hybridized carbons (Fsp3) is 0.875. The summed E-state index contributed by atoms with van der Waals surface area (Å²) in [6.45, 7) is 3.94. The molecule has 0 aliphatic heterocycles. The summed E-state index contributed by atoms with van der Waals surface area (Å²) in [6, 6.07) is 0. The van der Waals surface area contributed by atoms with E-state index in [1.165, 1.54) is 0 Å². The second-order valence-corrected chi connectivity index (χ2v) is 3.74. The molecular weight excluding hydrogens is 207 g/mol. The van der Waals surface area contributed by atoms with Gasteiger partial charge >= 0.3 is 14.2 Å². The highest BCUT2D eigenvalue weighted by atomic mass is 31.1. The molecule has 0 spiro atoms. The zero-order valence-electron chi connectivity index (χ0n) is 8.49. The first-order chi connectivity index (χ1) is 6.60. The molecule has 84 valence electrons. The van der Waals surface area contributed by atoms with E-state index in [1.54, 1.807) is 0 Å². The van der Waals surface area contributed by atoms with Gasteiger partial charge < -0.3 is 9.63 Å². The summed E-state index contributed by atoms with van der Waals surface area (Å²) >= 11 is 0. The molecule has 14 heavy (non-hydrogen) atoms. The number of ether oxygens (including phenoxy) is 1.